The molecule has 1 heterocycles. The molecule has 9 heteroatoms. The molecule has 4 rings (SSSR count). The minimum absolute atomic E-state index is 0.120. The van der Waals surface area contributed by atoms with E-state index in [1.54, 1.807) is 11.8 Å². The molecule has 0 fully saturated rings. The Labute approximate surface area is 246 Å². The Hall–Kier alpha value is -3.40. The van der Waals surface area contributed by atoms with E-state index in [4.69, 9.17) is 14.7 Å². The maximum Gasteiger partial charge on any atom is 0.245 e. The quantitative estimate of drug-likeness (QED) is 0.150. The van der Waals surface area contributed by atoms with E-state index in [1.165, 1.54) is 16.3 Å². The van der Waals surface area contributed by atoms with Gasteiger partial charge < -0.3 is 25.0 Å². The molecule has 0 saturated carbocycles. The molecular formula is C31H39N3O4S2. The standard InChI is InChI=1S/C28H33N3O2S2.C2H4O.CH2O/c1-5-29-27(32)26(20-12-8-6-9-13-20)30-33-23-17-24-22(16-25(23)34-4)31(18-28(2,3)19-35-24)21-14-10-7-11-15-21;1-2-3;1-2/h6-17,26,30H,5,18-19H2,1-4H3,(H,29,32);2-3H,1H2;1H2. The predicted molar refractivity (Wildman–Crippen MR) is 168 cm³/mol. The third kappa shape index (κ3) is 9.08. The van der Waals surface area contributed by atoms with Crippen molar-refractivity contribution in [1.29, 1.82) is 0 Å². The summed E-state index contributed by atoms with van der Waals surface area (Å²) in [7, 11) is 0. The van der Waals surface area contributed by atoms with E-state index >= 15 is 0 Å². The van der Waals surface area contributed by atoms with E-state index in [9.17, 15) is 4.79 Å². The first-order chi connectivity index (χ1) is 19.3. The fourth-order valence-electron chi connectivity index (χ4n) is 4.08. The van der Waals surface area contributed by atoms with Crippen LogP contribution in [0.2, 0.25) is 0 Å². The van der Waals surface area contributed by atoms with E-state index in [2.05, 4.69) is 78.6 Å². The molecule has 1 aliphatic rings. The van der Waals surface area contributed by atoms with Crippen LogP contribution in [0.1, 0.15) is 32.4 Å². The number of amides is 1. The lowest BCUT2D eigenvalue weighted by Gasteiger charge is -2.31. The van der Waals surface area contributed by atoms with Gasteiger partial charge >= 0.3 is 0 Å². The van der Waals surface area contributed by atoms with Gasteiger partial charge in [-0.15, -0.1) is 29.0 Å². The zero-order valence-electron chi connectivity index (χ0n) is 23.6. The topological polar surface area (TPSA) is 90.9 Å². The second-order valence-corrected chi connectivity index (χ2v) is 11.4. The van der Waals surface area contributed by atoms with E-state index in [-0.39, 0.29) is 11.3 Å². The number of benzene rings is 3. The van der Waals surface area contributed by atoms with Gasteiger partial charge in [0.2, 0.25) is 5.91 Å². The first-order valence-electron chi connectivity index (χ1n) is 12.8. The lowest BCUT2D eigenvalue weighted by molar-refractivity contribution is -0.125. The third-order valence-corrected chi connectivity index (χ3v) is 8.16. The van der Waals surface area contributed by atoms with Crippen molar-refractivity contribution in [3.05, 3.63) is 91.2 Å². The highest BCUT2D eigenvalue weighted by Crippen LogP contribution is 2.47. The molecule has 1 aliphatic heterocycles. The molecule has 3 N–H and O–H groups in total. The summed E-state index contributed by atoms with van der Waals surface area (Å²) in [6.07, 6.45) is 2.80. The van der Waals surface area contributed by atoms with Crippen molar-refractivity contribution in [3.63, 3.8) is 0 Å². The van der Waals surface area contributed by atoms with E-state index in [1.807, 2.05) is 62.1 Å². The number of para-hydroxylation sites is 1. The first kappa shape index (κ1) is 32.8. The normalized spacial score (nSPS) is 14.1. The summed E-state index contributed by atoms with van der Waals surface area (Å²) in [6.45, 7) is 12.9. The number of thioether (sulfide) groups is 2. The number of hydrogen-bond acceptors (Lipinski definition) is 8. The minimum Gasteiger partial charge on any atom is -0.516 e. The molecule has 1 atom stereocenters. The molecule has 0 radical (unpaired) electrons. The first-order valence-corrected chi connectivity index (χ1v) is 15.0. The van der Waals surface area contributed by atoms with Crippen LogP contribution in [0.25, 0.3) is 0 Å². The highest BCUT2D eigenvalue weighted by Gasteiger charge is 2.30. The van der Waals surface area contributed by atoms with Gasteiger partial charge in [-0.25, -0.2) is 0 Å². The Morgan fingerprint density at radius 3 is 2.33 bits per heavy atom. The number of likely N-dealkylation sites (N-methyl/N-ethyl adjacent to an activating group) is 1. The van der Waals surface area contributed by atoms with Crippen LogP contribution in [-0.2, 0) is 9.59 Å². The molecule has 0 aromatic heterocycles. The number of fused-ring (bicyclic) bond motifs is 1. The van der Waals surface area contributed by atoms with Crippen molar-refractivity contribution in [2.24, 2.45) is 5.41 Å². The number of nitrogens with one attached hydrogen (secondary N) is 2. The number of hydrogen-bond donors (Lipinski definition) is 3. The van der Waals surface area contributed by atoms with Gasteiger partial charge in [-0.1, -0.05) is 69.0 Å². The Morgan fingerprint density at radius 1 is 1.15 bits per heavy atom. The zero-order chi connectivity index (χ0) is 29.5. The molecule has 3 aromatic rings. The molecule has 1 unspecified atom stereocenters. The third-order valence-electron chi connectivity index (χ3n) is 5.84. The highest BCUT2D eigenvalue weighted by atomic mass is 32.2. The molecule has 1 amide bonds. The maximum atomic E-state index is 12.8. The summed E-state index contributed by atoms with van der Waals surface area (Å²) in [4.78, 5) is 31.5. The largest absolute Gasteiger partial charge is 0.516 e. The van der Waals surface area contributed by atoms with Gasteiger partial charge in [0.1, 0.15) is 12.8 Å². The zero-order valence-corrected chi connectivity index (χ0v) is 25.2. The number of aliphatic hydroxyl groups excluding tert-OH is 1. The van der Waals surface area contributed by atoms with Crippen molar-refractivity contribution in [3.8, 4) is 5.75 Å². The van der Waals surface area contributed by atoms with Gasteiger partial charge in [0.15, 0.2) is 5.75 Å². The fourth-order valence-corrected chi connectivity index (χ4v) is 5.76. The van der Waals surface area contributed by atoms with Crippen molar-refractivity contribution in [2.75, 3.05) is 30.0 Å². The van der Waals surface area contributed by atoms with Crippen LogP contribution in [0.15, 0.2) is 95.4 Å². The molecule has 40 heavy (non-hydrogen) atoms. The number of nitrogens with zero attached hydrogens (tertiary/aromatic N) is 1. The van der Waals surface area contributed by atoms with Gasteiger partial charge in [-0.3, -0.25) is 4.79 Å². The maximum absolute atomic E-state index is 12.8. The molecule has 7 nitrogen and oxygen atoms in total. The van der Waals surface area contributed by atoms with Gasteiger partial charge in [0.05, 0.1) is 16.8 Å². The fraction of sp³-hybridized carbons (Fsp3) is 0.290. The number of rotatable bonds is 8. The number of hydroxylamine groups is 1. The van der Waals surface area contributed by atoms with Gasteiger partial charge in [0, 0.05) is 29.4 Å². The van der Waals surface area contributed by atoms with Crippen molar-refractivity contribution >= 4 is 47.6 Å². The van der Waals surface area contributed by atoms with Crippen LogP contribution in [0.3, 0.4) is 0 Å². The lowest BCUT2D eigenvalue weighted by Crippen LogP contribution is -2.39. The smallest absolute Gasteiger partial charge is 0.245 e. The number of carbonyl (C=O) groups excluding carboxylic acids is 2. The number of carbonyl (C=O) groups is 2. The Balaban J connectivity index is 0.00000105. The molecule has 3 aromatic carbocycles. The molecule has 0 spiro atoms. The van der Waals surface area contributed by atoms with Crippen LogP contribution >= 0.6 is 23.5 Å². The summed E-state index contributed by atoms with van der Waals surface area (Å²) in [5, 5.41) is 10.2. The van der Waals surface area contributed by atoms with Crippen LogP contribution in [-0.4, -0.2) is 42.9 Å². The van der Waals surface area contributed by atoms with E-state index < -0.39 is 6.04 Å². The molecule has 0 aliphatic carbocycles. The second-order valence-electron chi connectivity index (χ2n) is 9.49. The van der Waals surface area contributed by atoms with Crippen molar-refractivity contribution < 1.29 is 19.5 Å². The van der Waals surface area contributed by atoms with E-state index in [0.717, 1.165) is 34.8 Å². The minimum atomic E-state index is -0.614. The van der Waals surface area contributed by atoms with Crippen molar-refractivity contribution in [2.45, 2.75) is 36.6 Å². The van der Waals surface area contributed by atoms with Gasteiger partial charge in [-0.2, -0.15) is 0 Å². The SMILES string of the molecule is C=CO.C=O.CCNC(=O)C(NOc1cc2c(cc1SC)N(c1ccccc1)CC(C)(C)CS2)c1ccccc1. The molecular weight excluding hydrogens is 542 g/mol. The van der Waals surface area contributed by atoms with Crippen LogP contribution < -0.4 is 20.5 Å². The summed E-state index contributed by atoms with van der Waals surface area (Å²) >= 11 is 3.49. The Kier molecular flexibility index (Phi) is 13.7. The van der Waals surface area contributed by atoms with Crippen molar-refractivity contribution in [1.82, 2.24) is 10.8 Å². The lowest BCUT2D eigenvalue weighted by atomic mass is 9.95. The number of anilines is 2. The average Bonchev–Trinajstić information content (AvgIpc) is 3.10. The Bertz CT molecular complexity index is 1210. The van der Waals surface area contributed by atoms with E-state index in [0.29, 0.717) is 6.54 Å². The molecule has 0 saturated heterocycles. The highest BCUT2D eigenvalue weighted by molar-refractivity contribution is 7.99. The summed E-state index contributed by atoms with van der Waals surface area (Å²) in [6, 6.07) is 23.9. The Morgan fingerprint density at radius 2 is 1.75 bits per heavy atom. The molecule has 0 bridgehead atoms. The van der Waals surface area contributed by atoms with Crippen LogP contribution in [0.5, 0.6) is 5.75 Å². The van der Waals surface area contributed by atoms with Gasteiger partial charge in [0.25, 0.3) is 0 Å². The summed E-state index contributed by atoms with van der Waals surface area (Å²) in [5.74, 6) is 1.60. The second kappa shape index (κ2) is 16.6. The summed E-state index contributed by atoms with van der Waals surface area (Å²) in [5.41, 5.74) is 6.40. The van der Waals surface area contributed by atoms with Crippen LogP contribution in [0.4, 0.5) is 11.4 Å². The molecule has 214 valence electrons. The predicted octanol–water partition coefficient (Wildman–Crippen LogP) is 6.94. The average molecular weight is 582 g/mol. The van der Waals surface area contributed by atoms with Crippen LogP contribution in [0, 0.1) is 5.41 Å². The summed E-state index contributed by atoms with van der Waals surface area (Å²) < 4.78 is 0. The van der Waals surface area contributed by atoms with Gasteiger partial charge in [-0.05, 0) is 48.4 Å². The monoisotopic (exact) mass is 581 g/mol. The number of aliphatic hydroxyl groups is 1.